The van der Waals surface area contributed by atoms with Gasteiger partial charge in [-0.25, -0.2) is 0 Å². The molecule has 2 aliphatic rings. The Hall–Kier alpha value is -0.210. The Bertz CT molecular complexity index is 488. The molecular weight excluding hydrogens is 334 g/mol. The van der Waals surface area contributed by atoms with Crippen LogP contribution < -0.4 is 5.32 Å². The second-order valence-corrected chi connectivity index (χ2v) is 7.80. The first-order valence-corrected chi connectivity index (χ1v) is 9.03. The van der Waals surface area contributed by atoms with Crippen molar-refractivity contribution in [3.05, 3.63) is 27.2 Å². The summed E-state index contributed by atoms with van der Waals surface area (Å²) < 4.78 is 1.13. The minimum absolute atomic E-state index is 0.615. The quantitative estimate of drug-likeness (QED) is 0.667. The van der Waals surface area contributed by atoms with Crippen molar-refractivity contribution in [2.75, 3.05) is 5.32 Å². The van der Waals surface area contributed by atoms with Crippen LogP contribution in [0.25, 0.3) is 0 Å². The van der Waals surface area contributed by atoms with Crippen LogP contribution in [0.5, 0.6) is 0 Å². The summed E-state index contributed by atoms with van der Waals surface area (Å²) in [5.74, 6) is 1.96. The number of anilines is 1. The van der Waals surface area contributed by atoms with Crippen LogP contribution in [0, 0.1) is 18.8 Å². The van der Waals surface area contributed by atoms with Crippen LogP contribution in [0.2, 0.25) is 5.02 Å². The molecule has 3 rings (SSSR count). The molecule has 2 aliphatic carbocycles. The minimum Gasteiger partial charge on any atom is -0.381 e. The third-order valence-electron chi connectivity index (χ3n) is 5.15. The molecule has 0 aliphatic heterocycles. The van der Waals surface area contributed by atoms with E-state index in [9.17, 15) is 0 Å². The molecule has 3 heteroatoms. The first kappa shape index (κ1) is 14.7. The lowest BCUT2D eigenvalue weighted by Crippen LogP contribution is -2.34. The summed E-state index contributed by atoms with van der Waals surface area (Å²) in [6, 6.07) is 4.79. The molecule has 0 amide bonds. The van der Waals surface area contributed by atoms with E-state index in [2.05, 4.69) is 33.4 Å². The maximum absolute atomic E-state index is 6.25. The maximum atomic E-state index is 6.25. The number of benzene rings is 1. The smallest absolute Gasteiger partial charge is 0.0501 e. The van der Waals surface area contributed by atoms with Gasteiger partial charge in [0.05, 0.1) is 5.69 Å². The van der Waals surface area contributed by atoms with Crippen molar-refractivity contribution < 1.29 is 0 Å². The molecule has 110 valence electrons. The number of nitrogens with one attached hydrogen (secondary N) is 1. The van der Waals surface area contributed by atoms with E-state index in [-0.39, 0.29) is 0 Å². The van der Waals surface area contributed by atoms with Gasteiger partial charge in [0.15, 0.2) is 0 Å². The highest BCUT2D eigenvalue weighted by atomic mass is 79.9. The third kappa shape index (κ3) is 3.17. The van der Waals surface area contributed by atoms with Crippen molar-refractivity contribution in [3.63, 3.8) is 0 Å². The van der Waals surface area contributed by atoms with E-state index in [4.69, 9.17) is 11.6 Å². The largest absolute Gasteiger partial charge is 0.381 e. The van der Waals surface area contributed by atoms with E-state index >= 15 is 0 Å². The predicted octanol–water partition coefficient (Wildman–Crippen LogP) is 6.18. The van der Waals surface area contributed by atoms with Crippen LogP contribution >= 0.6 is 27.5 Å². The molecule has 0 heterocycles. The topological polar surface area (TPSA) is 12.0 Å². The molecule has 0 spiro atoms. The summed E-state index contributed by atoms with van der Waals surface area (Å²) >= 11 is 9.91. The average molecular weight is 357 g/mol. The Balaban J connectivity index is 1.68. The predicted molar refractivity (Wildman–Crippen MR) is 90.6 cm³/mol. The van der Waals surface area contributed by atoms with Crippen molar-refractivity contribution in [1.29, 1.82) is 0 Å². The zero-order valence-electron chi connectivity index (χ0n) is 12.1. The highest BCUT2D eigenvalue weighted by Crippen LogP contribution is 2.41. The van der Waals surface area contributed by atoms with Gasteiger partial charge in [-0.1, -0.05) is 37.3 Å². The summed E-state index contributed by atoms with van der Waals surface area (Å²) in [4.78, 5) is 0. The Kier molecular flexibility index (Phi) is 4.62. The Morgan fingerprint density at radius 3 is 2.65 bits per heavy atom. The second-order valence-electron chi connectivity index (χ2n) is 6.54. The molecule has 1 aromatic rings. The van der Waals surface area contributed by atoms with Crippen LogP contribution in [0.1, 0.15) is 50.5 Å². The van der Waals surface area contributed by atoms with Gasteiger partial charge in [0, 0.05) is 15.5 Å². The van der Waals surface area contributed by atoms with E-state index in [1.165, 1.54) is 44.9 Å². The van der Waals surface area contributed by atoms with E-state index in [0.29, 0.717) is 6.04 Å². The Labute approximate surface area is 135 Å². The van der Waals surface area contributed by atoms with Gasteiger partial charge in [-0.15, -0.1) is 0 Å². The standard InChI is InChI=1S/C17H23BrClN/c1-11-8-15(18)17(10-16(11)19)20-14-7-6-12-4-2-3-5-13(12)9-14/h8,10,12-14,20H,2-7,9H2,1H3. The van der Waals surface area contributed by atoms with Gasteiger partial charge in [-0.05, 0) is 71.6 Å². The number of fused-ring (bicyclic) bond motifs is 1. The zero-order chi connectivity index (χ0) is 14.1. The first-order valence-electron chi connectivity index (χ1n) is 7.85. The maximum Gasteiger partial charge on any atom is 0.0501 e. The molecule has 0 aromatic heterocycles. The highest BCUT2D eigenvalue weighted by Gasteiger charge is 2.32. The fourth-order valence-electron chi connectivity index (χ4n) is 3.98. The van der Waals surface area contributed by atoms with E-state index in [0.717, 1.165) is 32.6 Å². The van der Waals surface area contributed by atoms with Gasteiger partial charge in [0.25, 0.3) is 0 Å². The van der Waals surface area contributed by atoms with E-state index in [1.54, 1.807) is 0 Å². The zero-order valence-corrected chi connectivity index (χ0v) is 14.4. The van der Waals surface area contributed by atoms with Crippen LogP contribution in [-0.2, 0) is 0 Å². The fourth-order valence-corrected chi connectivity index (χ4v) is 4.72. The molecule has 20 heavy (non-hydrogen) atoms. The third-order valence-corrected chi connectivity index (χ3v) is 6.21. The normalized spacial score (nSPS) is 29.9. The lowest BCUT2D eigenvalue weighted by Gasteiger charge is -2.40. The summed E-state index contributed by atoms with van der Waals surface area (Å²) in [6.45, 7) is 2.05. The summed E-state index contributed by atoms with van der Waals surface area (Å²) in [6.07, 6.45) is 9.85. The van der Waals surface area contributed by atoms with Crippen LogP contribution in [0.15, 0.2) is 16.6 Å². The number of hydrogen-bond donors (Lipinski definition) is 1. The van der Waals surface area contributed by atoms with Gasteiger partial charge in [0.2, 0.25) is 0 Å². The molecule has 2 saturated carbocycles. The molecular formula is C17H23BrClN. The van der Waals surface area contributed by atoms with Gasteiger partial charge in [-0.3, -0.25) is 0 Å². The molecule has 0 bridgehead atoms. The molecule has 3 unspecified atom stereocenters. The number of halogens is 2. The molecule has 1 nitrogen and oxygen atoms in total. The van der Waals surface area contributed by atoms with E-state index in [1.807, 2.05) is 6.92 Å². The summed E-state index contributed by atoms with van der Waals surface area (Å²) in [5, 5.41) is 4.57. The van der Waals surface area contributed by atoms with Crippen LogP contribution in [0.4, 0.5) is 5.69 Å². The Morgan fingerprint density at radius 1 is 1.10 bits per heavy atom. The number of rotatable bonds is 2. The van der Waals surface area contributed by atoms with Crippen molar-refractivity contribution >= 4 is 33.2 Å². The minimum atomic E-state index is 0.615. The summed E-state index contributed by atoms with van der Waals surface area (Å²) in [7, 11) is 0. The second kappa shape index (κ2) is 6.27. The SMILES string of the molecule is Cc1cc(Br)c(NC2CCC3CCCCC3C2)cc1Cl. The number of hydrogen-bond acceptors (Lipinski definition) is 1. The fraction of sp³-hybridized carbons (Fsp3) is 0.647. The molecule has 2 fully saturated rings. The molecule has 1 N–H and O–H groups in total. The molecule has 3 atom stereocenters. The van der Waals surface area contributed by atoms with Crippen molar-refractivity contribution in [3.8, 4) is 0 Å². The lowest BCUT2D eigenvalue weighted by molar-refractivity contribution is 0.162. The van der Waals surface area contributed by atoms with Gasteiger partial charge < -0.3 is 5.32 Å². The monoisotopic (exact) mass is 355 g/mol. The van der Waals surface area contributed by atoms with Crippen LogP contribution in [-0.4, -0.2) is 6.04 Å². The Morgan fingerprint density at radius 2 is 1.85 bits per heavy atom. The highest BCUT2D eigenvalue weighted by molar-refractivity contribution is 9.10. The van der Waals surface area contributed by atoms with Gasteiger partial charge >= 0.3 is 0 Å². The van der Waals surface area contributed by atoms with Gasteiger partial charge in [-0.2, -0.15) is 0 Å². The average Bonchev–Trinajstić information content (AvgIpc) is 2.44. The number of aryl methyl sites for hydroxylation is 1. The summed E-state index contributed by atoms with van der Waals surface area (Å²) in [5.41, 5.74) is 2.28. The molecule has 1 aromatic carbocycles. The lowest BCUT2D eigenvalue weighted by atomic mass is 9.69. The van der Waals surface area contributed by atoms with Gasteiger partial charge in [0.1, 0.15) is 0 Å². The molecule has 0 radical (unpaired) electrons. The van der Waals surface area contributed by atoms with E-state index < -0.39 is 0 Å². The first-order chi connectivity index (χ1) is 9.63. The van der Waals surface area contributed by atoms with Crippen molar-refractivity contribution in [2.24, 2.45) is 11.8 Å². The van der Waals surface area contributed by atoms with Crippen molar-refractivity contribution in [2.45, 2.75) is 57.9 Å². The molecule has 0 saturated heterocycles. The van der Waals surface area contributed by atoms with Crippen molar-refractivity contribution in [1.82, 2.24) is 0 Å². The van der Waals surface area contributed by atoms with Crippen LogP contribution in [0.3, 0.4) is 0 Å².